The first-order chi connectivity index (χ1) is 17.0. The van der Waals surface area contributed by atoms with Crippen molar-refractivity contribution in [3.8, 4) is 22.5 Å². The second-order valence-corrected chi connectivity index (χ2v) is 9.08. The van der Waals surface area contributed by atoms with E-state index in [0.717, 1.165) is 39.8 Å². The van der Waals surface area contributed by atoms with Crippen molar-refractivity contribution in [2.75, 3.05) is 12.4 Å². The van der Waals surface area contributed by atoms with Crippen LogP contribution in [0.4, 0.5) is 11.6 Å². The largest absolute Gasteiger partial charge is 0.325 e. The highest BCUT2D eigenvalue weighted by molar-refractivity contribution is 6.07. The number of rotatable bonds is 8. The number of hydrogen-bond acceptors (Lipinski definition) is 6. The van der Waals surface area contributed by atoms with Crippen molar-refractivity contribution < 1.29 is 4.79 Å². The third-order valence-electron chi connectivity index (χ3n) is 6.58. The van der Waals surface area contributed by atoms with E-state index in [0.29, 0.717) is 23.3 Å². The number of carbonyl (C=O) groups excluding carboxylic acids is 1. The van der Waals surface area contributed by atoms with Gasteiger partial charge in [0.1, 0.15) is 6.29 Å². The summed E-state index contributed by atoms with van der Waals surface area (Å²) in [5.74, 6) is 1.58. The van der Waals surface area contributed by atoms with Crippen molar-refractivity contribution in [1.82, 2.24) is 25.0 Å². The van der Waals surface area contributed by atoms with Gasteiger partial charge in [-0.1, -0.05) is 18.2 Å². The maximum absolute atomic E-state index is 11.4. The molecule has 1 saturated carbocycles. The zero-order valence-electron chi connectivity index (χ0n) is 20.1. The molecule has 0 saturated heterocycles. The number of aldehydes is 1. The molecule has 174 valence electrons. The average Bonchev–Trinajstić information content (AvgIpc) is 3.67. The molecule has 0 bridgehead atoms. The zero-order chi connectivity index (χ0) is 24.5. The minimum absolute atomic E-state index is 0.0184. The van der Waals surface area contributed by atoms with Gasteiger partial charge in [-0.2, -0.15) is 10.1 Å². The van der Waals surface area contributed by atoms with Crippen LogP contribution in [0.15, 0.2) is 54.7 Å². The molecule has 1 aliphatic rings. The number of pyridine rings is 1. The molecule has 0 aliphatic heterocycles. The van der Waals surface area contributed by atoms with Crippen LogP contribution in [0.5, 0.6) is 0 Å². The van der Waals surface area contributed by atoms with Crippen LogP contribution in [0.25, 0.3) is 22.5 Å². The number of nitrogens with zero attached hydrogens (tertiary/aromatic N) is 4. The van der Waals surface area contributed by atoms with E-state index in [4.69, 9.17) is 7.98 Å². The Morgan fingerprint density at radius 3 is 2.57 bits per heavy atom. The Balaban J connectivity index is 1.38. The van der Waals surface area contributed by atoms with Gasteiger partial charge in [0.15, 0.2) is 5.82 Å². The summed E-state index contributed by atoms with van der Waals surface area (Å²) in [6.07, 6.45) is 5.32. The molecule has 2 heterocycles. The van der Waals surface area contributed by atoms with Gasteiger partial charge in [0.05, 0.1) is 0 Å². The first kappa shape index (κ1) is 23.0. The lowest BCUT2D eigenvalue weighted by molar-refractivity contribution is 0.112. The molecule has 0 spiro atoms. The Hall–Kier alpha value is -3.78. The van der Waals surface area contributed by atoms with Gasteiger partial charge in [0.2, 0.25) is 5.95 Å². The fourth-order valence-corrected chi connectivity index (χ4v) is 4.26. The van der Waals surface area contributed by atoms with Crippen LogP contribution in [0, 0.1) is 6.92 Å². The lowest BCUT2D eigenvalue weighted by Crippen LogP contribution is -2.14. The lowest BCUT2D eigenvalue weighted by atomic mass is 9.99. The lowest BCUT2D eigenvalue weighted by Gasteiger charge is -2.15. The minimum Gasteiger partial charge on any atom is -0.325 e. The molecule has 2 N–H and O–H groups in total. The fraction of sp³-hybridized carbons (Fsp3) is 0.259. The molecule has 1 aliphatic carbocycles. The summed E-state index contributed by atoms with van der Waals surface area (Å²) in [5, 5.41) is 10.8. The second-order valence-electron chi connectivity index (χ2n) is 9.08. The number of aryl methyl sites for hydroxylation is 1. The number of carbonyl (C=O) groups is 1. The topological polar surface area (TPSA) is 84.7 Å². The highest BCUT2D eigenvalue weighted by atomic mass is 16.1. The van der Waals surface area contributed by atoms with Crippen molar-refractivity contribution in [2.24, 2.45) is 0 Å². The van der Waals surface area contributed by atoms with E-state index in [9.17, 15) is 4.79 Å². The molecule has 1 fully saturated rings. The summed E-state index contributed by atoms with van der Waals surface area (Å²) in [4.78, 5) is 20.7. The van der Waals surface area contributed by atoms with E-state index in [2.05, 4.69) is 56.9 Å². The predicted molar refractivity (Wildman–Crippen MR) is 139 cm³/mol. The van der Waals surface area contributed by atoms with Gasteiger partial charge >= 0.3 is 0 Å². The highest BCUT2D eigenvalue weighted by Gasteiger charge is 2.24. The van der Waals surface area contributed by atoms with E-state index in [1.54, 1.807) is 6.07 Å². The third-order valence-corrected chi connectivity index (χ3v) is 6.58. The van der Waals surface area contributed by atoms with Gasteiger partial charge in [0.25, 0.3) is 7.98 Å². The summed E-state index contributed by atoms with van der Waals surface area (Å²) in [6, 6.07) is 16.0. The van der Waals surface area contributed by atoms with E-state index in [-0.39, 0.29) is 6.04 Å². The minimum atomic E-state index is 0.0184. The Kier molecular flexibility index (Phi) is 6.22. The number of nitrogens with one attached hydrogen (secondary N) is 2. The molecule has 2 radical (unpaired) electrons. The second kappa shape index (κ2) is 9.46. The van der Waals surface area contributed by atoms with E-state index in [1.165, 1.54) is 23.1 Å². The zero-order valence-corrected chi connectivity index (χ0v) is 20.1. The van der Waals surface area contributed by atoms with Crippen molar-refractivity contribution in [2.45, 2.75) is 38.6 Å². The van der Waals surface area contributed by atoms with E-state index in [1.807, 2.05) is 38.4 Å². The van der Waals surface area contributed by atoms with E-state index >= 15 is 0 Å². The molecule has 1 atom stereocenters. The van der Waals surface area contributed by atoms with Crippen molar-refractivity contribution in [3.63, 3.8) is 0 Å². The molecule has 35 heavy (non-hydrogen) atoms. The van der Waals surface area contributed by atoms with Crippen molar-refractivity contribution in [1.29, 1.82) is 0 Å². The monoisotopic (exact) mass is 462 g/mol. The smallest absolute Gasteiger partial charge is 0.269 e. The summed E-state index contributed by atoms with van der Waals surface area (Å²) in [5.41, 5.74) is 7.71. The quantitative estimate of drug-likeness (QED) is 0.284. The number of hydrogen-bond donors (Lipinski definition) is 2. The Morgan fingerprint density at radius 2 is 1.91 bits per heavy atom. The molecule has 2 aromatic carbocycles. The summed E-state index contributed by atoms with van der Waals surface area (Å²) in [7, 11) is 7.97. The van der Waals surface area contributed by atoms with Crippen LogP contribution in [0.1, 0.15) is 58.9 Å². The summed E-state index contributed by atoms with van der Waals surface area (Å²) >= 11 is 0. The van der Waals surface area contributed by atoms with Crippen LogP contribution < -0.4 is 10.6 Å². The molecule has 5 rings (SSSR count). The van der Waals surface area contributed by atoms with Crippen LogP contribution in [-0.4, -0.2) is 41.0 Å². The van der Waals surface area contributed by atoms with Crippen molar-refractivity contribution >= 4 is 25.9 Å². The summed E-state index contributed by atoms with van der Waals surface area (Å²) in [6.45, 7) is 4.07. The Labute approximate surface area is 206 Å². The van der Waals surface area contributed by atoms with Gasteiger partial charge in [0, 0.05) is 46.2 Å². The van der Waals surface area contributed by atoms with Gasteiger partial charge < -0.3 is 10.6 Å². The fourth-order valence-electron chi connectivity index (χ4n) is 4.26. The van der Waals surface area contributed by atoms with Crippen LogP contribution >= 0.6 is 0 Å². The number of benzene rings is 2. The molecular formula is C27H27BN6O. The van der Waals surface area contributed by atoms with Gasteiger partial charge in [-0.25, -0.2) is 0 Å². The molecule has 8 heteroatoms. The molecule has 4 aromatic rings. The number of anilines is 2. The average molecular weight is 462 g/mol. The first-order valence-corrected chi connectivity index (χ1v) is 11.8. The maximum Gasteiger partial charge on any atom is 0.269 e. The third kappa shape index (κ3) is 4.75. The first-order valence-electron chi connectivity index (χ1n) is 11.8. The Bertz CT molecular complexity index is 1380. The maximum atomic E-state index is 11.4. The van der Waals surface area contributed by atoms with Crippen molar-refractivity contribution in [3.05, 3.63) is 77.1 Å². The summed E-state index contributed by atoms with van der Waals surface area (Å²) < 4.78 is 1.23. The van der Waals surface area contributed by atoms with Crippen LogP contribution in [-0.2, 0) is 0 Å². The molecule has 2 aromatic heterocycles. The standard InChI is InChI=1S/C27H27BN6O/c1-16-12-19(7-10-23(16)20-8-11-25(30-14-20)18-4-5-18)26-32-27(34(28)33-26)31-22-9-6-21(15-35)24(13-22)17(2)29-3/h6-15,17-18,29H,4-5H2,1-3H3,(H,31,32,33). The van der Waals surface area contributed by atoms with E-state index < -0.39 is 0 Å². The molecule has 7 nitrogen and oxygen atoms in total. The van der Waals surface area contributed by atoms with Crippen LogP contribution in [0.2, 0.25) is 0 Å². The Morgan fingerprint density at radius 1 is 1.11 bits per heavy atom. The molecular weight excluding hydrogens is 435 g/mol. The van der Waals surface area contributed by atoms with Gasteiger partial charge in [-0.3, -0.25) is 14.4 Å². The van der Waals surface area contributed by atoms with Gasteiger partial charge in [-0.15, -0.1) is 0 Å². The van der Waals surface area contributed by atoms with Gasteiger partial charge in [-0.05, 0) is 80.8 Å². The molecule has 1 unspecified atom stereocenters. The highest BCUT2D eigenvalue weighted by Crippen LogP contribution is 2.39. The van der Waals surface area contributed by atoms with Crippen LogP contribution in [0.3, 0.4) is 0 Å². The molecule has 0 amide bonds. The predicted octanol–water partition coefficient (Wildman–Crippen LogP) is 4.96. The SMILES string of the molecule is [B]n1nc(-c2ccc(-c3ccc(C4CC4)nc3)c(C)c2)nc1Nc1ccc(C=O)c(C(C)NC)c1. The normalized spacial score (nSPS) is 14.0. The number of aromatic nitrogens is 4.